The lowest BCUT2D eigenvalue weighted by molar-refractivity contribution is -0.519. The summed E-state index contributed by atoms with van der Waals surface area (Å²) in [6, 6.07) is 0. The summed E-state index contributed by atoms with van der Waals surface area (Å²) in [4.78, 5) is 0. The third kappa shape index (κ3) is 4.85. The molecule has 7 heteroatoms. The third-order valence-corrected chi connectivity index (χ3v) is 3.72. The second-order valence-corrected chi connectivity index (χ2v) is 5.44. The maximum atomic E-state index is 5.99. The van der Waals surface area contributed by atoms with Crippen LogP contribution in [0.4, 0.5) is 0 Å². The van der Waals surface area contributed by atoms with E-state index in [0.29, 0.717) is 52.7 Å². The van der Waals surface area contributed by atoms with Crippen molar-refractivity contribution < 1.29 is 33.2 Å². The summed E-state index contributed by atoms with van der Waals surface area (Å²) in [6.45, 7) is 9.96. The molecule has 0 amide bonds. The Morgan fingerprint density at radius 1 is 0.957 bits per heavy atom. The van der Waals surface area contributed by atoms with E-state index in [9.17, 15) is 0 Å². The molecule has 2 rings (SSSR count). The second-order valence-electron chi connectivity index (χ2n) is 5.44. The first-order valence-electron chi connectivity index (χ1n) is 8.61. The van der Waals surface area contributed by atoms with Gasteiger partial charge in [0, 0.05) is 32.8 Å². The van der Waals surface area contributed by atoms with Crippen molar-refractivity contribution in [2.24, 2.45) is 0 Å². The zero-order valence-corrected chi connectivity index (χ0v) is 14.5. The fraction of sp³-hybridized carbons (Fsp3) is 1.00. The monoisotopic (exact) mass is 334 g/mol. The summed E-state index contributed by atoms with van der Waals surface area (Å²) in [7, 11) is 0. The fourth-order valence-electron chi connectivity index (χ4n) is 2.75. The second kappa shape index (κ2) is 9.27. The molecular weight excluding hydrogens is 304 g/mol. The largest absolute Gasteiger partial charge is 0.379 e. The van der Waals surface area contributed by atoms with Crippen molar-refractivity contribution in [1.29, 1.82) is 0 Å². The number of epoxide rings is 1. The van der Waals surface area contributed by atoms with Crippen molar-refractivity contribution in [1.82, 2.24) is 0 Å². The van der Waals surface area contributed by atoms with Crippen molar-refractivity contribution in [2.75, 3.05) is 52.9 Å². The lowest BCUT2D eigenvalue weighted by Crippen LogP contribution is -2.65. The van der Waals surface area contributed by atoms with Gasteiger partial charge in [-0.05, 0) is 27.2 Å². The first-order chi connectivity index (χ1) is 11.2. The Kier molecular flexibility index (Phi) is 7.68. The molecule has 0 saturated carbocycles. The van der Waals surface area contributed by atoms with Crippen LogP contribution in [0.3, 0.4) is 0 Å². The Bertz CT molecular complexity index is 319. The van der Waals surface area contributed by atoms with E-state index >= 15 is 0 Å². The predicted molar refractivity (Wildman–Crippen MR) is 82.0 cm³/mol. The highest BCUT2D eigenvalue weighted by molar-refractivity contribution is 4.85. The van der Waals surface area contributed by atoms with Gasteiger partial charge in [0.25, 0.3) is 5.79 Å². The maximum absolute atomic E-state index is 5.99. The Morgan fingerprint density at radius 2 is 1.61 bits per heavy atom. The van der Waals surface area contributed by atoms with Gasteiger partial charge in [0.1, 0.15) is 6.10 Å². The zero-order chi connectivity index (χ0) is 16.6. The van der Waals surface area contributed by atoms with E-state index in [1.807, 2.05) is 20.8 Å². The van der Waals surface area contributed by atoms with E-state index in [2.05, 4.69) is 0 Å². The molecule has 2 fully saturated rings. The topological polar surface area (TPSA) is 67.9 Å². The molecule has 136 valence electrons. The molecule has 7 nitrogen and oxygen atoms in total. The average Bonchev–Trinajstić information content (AvgIpc) is 3.35. The van der Waals surface area contributed by atoms with Crippen molar-refractivity contribution in [3.8, 4) is 0 Å². The molecule has 0 aliphatic carbocycles. The van der Waals surface area contributed by atoms with Gasteiger partial charge in [-0.2, -0.15) is 0 Å². The molecule has 0 aromatic rings. The molecule has 2 unspecified atom stereocenters. The lowest BCUT2D eigenvalue weighted by atomic mass is 10.1. The molecule has 2 aliphatic heterocycles. The number of rotatable bonds is 12. The van der Waals surface area contributed by atoms with Crippen molar-refractivity contribution >= 4 is 0 Å². The minimum absolute atomic E-state index is 0.274. The first kappa shape index (κ1) is 19.1. The molecule has 0 spiro atoms. The minimum atomic E-state index is -1.33. The first-order valence-corrected chi connectivity index (χ1v) is 8.61. The van der Waals surface area contributed by atoms with Gasteiger partial charge in [-0.3, -0.25) is 0 Å². The highest BCUT2D eigenvalue weighted by Crippen LogP contribution is 2.40. The van der Waals surface area contributed by atoms with Gasteiger partial charge >= 0.3 is 5.97 Å². The van der Waals surface area contributed by atoms with Crippen LogP contribution in [0.5, 0.6) is 0 Å². The van der Waals surface area contributed by atoms with E-state index < -0.39 is 11.8 Å². The van der Waals surface area contributed by atoms with Gasteiger partial charge in [-0.1, -0.05) is 0 Å². The highest BCUT2D eigenvalue weighted by Gasteiger charge is 2.60. The SMILES string of the molecule is CCOC1(CCCOCC2CO2)OCCOC1(OCC)OCC. The predicted octanol–water partition coefficient (Wildman–Crippen LogP) is 1.69. The Hall–Kier alpha value is -0.280. The van der Waals surface area contributed by atoms with Gasteiger partial charge in [0.2, 0.25) is 0 Å². The van der Waals surface area contributed by atoms with Crippen LogP contribution in [-0.2, 0) is 33.2 Å². The molecule has 2 saturated heterocycles. The maximum Gasteiger partial charge on any atom is 0.340 e. The van der Waals surface area contributed by atoms with E-state index in [1.165, 1.54) is 0 Å². The summed E-state index contributed by atoms with van der Waals surface area (Å²) in [5.74, 6) is -2.41. The van der Waals surface area contributed by atoms with Gasteiger partial charge < -0.3 is 33.2 Å². The molecule has 0 aromatic carbocycles. The van der Waals surface area contributed by atoms with Crippen LogP contribution < -0.4 is 0 Å². The Labute approximate surface area is 138 Å². The van der Waals surface area contributed by atoms with Gasteiger partial charge in [-0.25, -0.2) is 0 Å². The molecule has 0 aromatic heterocycles. The van der Waals surface area contributed by atoms with Crippen LogP contribution in [0.25, 0.3) is 0 Å². The lowest BCUT2D eigenvalue weighted by Gasteiger charge is -2.49. The molecule has 2 atom stereocenters. The normalized spacial score (nSPS) is 29.6. The Morgan fingerprint density at radius 3 is 2.22 bits per heavy atom. The van der Waals surface area contributed by atoms with Crippen LogP contribution in [0, 0.1) is 0 Å². The van der Waals surface area contributed by atoms with Crippen LogP contribution in [0.2, 0.25) is 0 Å². The van der Waals surface area contributed by atoms with Crippen LogP contribution in [0.15, 0.2) is 0 Å². The Balaban J connectivity index is 1.98. The fourth-order valence-corrected chi connectivity index (χ4v) is 2.75. The number of hydrogen-bond donors (Lipinski definition) is 0. The van der Waals surface area contributed by atoms with E-state index in [1.54, 1.807) is 0 Å². The summed E-state index contributed by atoms with van der Waals surface area (Å²) in [5, 5.41) is 0. The van der Waals surface area contributed by atoms with Crippen molar-refractivity contribution in [3.63, 3.8) is 0 Å². The highest BCUT2D eigenvalue weighted by atomic mass is 16.9. The zero-order valence-electron chi connectivity index (χ0n) is 14.5. The summed E-state index contributed by atoms with van der Waals surface area (Å²) in [5.41, 5.74) is 0. The molecule has 2 heterocycles. The summed E-state index contributed by atoms with van der Waals surface area (Å²) in [6.07, 6.45) is 1.58. The quantitative estimate of drug-likeness (QED) is 0.306. The molecular formula is C16H30O7. The van der Waals surface area contributed by atoms with Crippen LogP contribution >= 0.6 is 0 Å². The summed E-state index contributed by atoms with van der Waals surface area (Å²) >= 11 is 0. The summed E-state index contributed by atoms with van der Waals surface area (Å²) < 4.78 is 40.2. The molecule has 0 N–H and O–H groups in total. The third-order valence-electron chi connectivity index (χ3n) is 3.72. The molecule has 0 radical (unpaired) electrons. The smallest absolute Gasteiger partial charge is 0.340 e. The van der Waals surface area contributed by atoms with Crippen LogP contribution in [-0.4, -0.2) is 70.7 Å². The van der Waals surface area contributed by atoms with Crippen molar-refractivity contribution in [3.05, 3.63) is 0 Å². The number of ether oxygens (including phenoxy) is 7. The van der Waals surface area contributed by atoms with E-state index in [0.717, 1.165) is 13.0 Å². The van der Waals surface area contributed by atoms with E-state index in [4.69, 9.17) is 33.2 Å². The van der Waals surface area contributed by atoms with Gasteiger partial charge in [-0.15, -0.1) is 0 Å². The standard InChI is InChI=1S/C16H30O7/c1-4-19-15(8-7-9-17-12-14-13-18-14)16(20-5-2,21-6-3)23-11-10-22-15/h14H,4-13H2,1-3H3. The molecule has 2 aliphatic rings. The number of hydrogen-bond acceptors (Lipinski definition) is 7. The molecule has 0 bridgehead atoms. The minimum Gasteiger partial charge on any atom is -0.379 e. The van der Waals surface area contributed by atoms with Gasteiger partial charge in [0.15, 0.2) is 0 Å². The van der Waals surface area contributed by atoms with Crippen LogP contribution in [0.1, 0.15) is 33.6 Å². The van der Waals surface area contributed by atoms with E-state index in [-0.39, 0.29) is 6.10 Å². The average molecular weight is 334 g/mol. The molecule has 23 heavy (non-hydrogen) atoms. The van der Waals surface area contributed by atoms with Gasteiger partial charge in [0.05, 0.1) is 26.4 Å². The van der Waals surface area contributed by atoms with Crippen molar-refractivity contribution in [2.45, 2.75) is 51.5 Å².